The number of benzene rings is 2. The fourth-order valence-corrected chi connectivity index (χ4v) is 2.74. The van der Waals surface area contributed by atoms with Gasteiger partial charge in [-0.2, -0.15) is 0 Å². The van der Waals surface area contributed by atoms with Crippen LogP contribution in [0.3, 0.4) is 0 Å². The molecule has 23 heavy (non-hydrogen) atoms. The van der Waals surface area contributed by atoms with Gasteiger partial charge >= 0.3 is 0 Å². The smallest absolute Gasteiger partial charge is 0.173 e. The lowest BCUT2D eigenvalue weighted by molar-refractivity contribution is 0.101. The standard InChI is InChI=1S/C9H8Br2O.C9H9BrO/c1-6-2-3-7(4-8(6)11)9(12)5-10;1-6-3-4-8(7(2)11)5-9(6)10/h2-4H,5H2,1H3;3-5H,1-2H3. The van der Waals surface area contributed by atoms with Gasteiger partial charge in [0.15, 0.2) is 11.6 Å². The van der Waals surface area contributed by atoms with Gasteiger partial charge in [-0.15, -0.1) is 0 Å². The monoisotopic (exact) mass is 502 g/mol. The van der Waals surface area contributed by atoms with E-state index in [1.54, 1.807) is 6.92 Å². The van der Waals surface area contributed by atoms with Gasteiger partial charge in [0, 0.05) is 20.1 Å². The normalized spacial score (nSPS) is 9.83. The lowest BCUT2D eigenvalue weighted by Gasteiger charge is -2.00. The topological polar surface area (TPSA) is 34.1 Å². The quantitative estimate of drug-likeness (QED) is 0.363. The molecule has 0 aliphatic carbocycles. The third-order valence-electron chi connectivity index (χ3n) is 3.19. The highest BCUT2D eigenvalue weighted by molar-refractivity contribution is 9.11. The molecule has 122 valence electrons. The molecule has 0 amide bonds. The molecule has 5 heteroatoms. The molecule has 0 saturated carbocycles. The van der Waals surface area contributed by atoms with Crippen LogP contribution in [-0.2, 0) is 0 Å². The van der Waals surface area contributed by atoms with Gasteiger partial charge in [-0.05, 0) is 44.0 Å². The zero-order chi connectivity index (χ0) is 17.6. The van der Waals surface area contributed by atoms with E-state index in [9.17, 15) is 9.59 Å². The van der Waals surface area contributed by atoms with Crippen LogP contribution in [0.4, 0.5) is 0 Å². The Morgan fingerprint density at radius 2 is 1.30 bits per heavy atom. The average Bonchev–Trinajstić information content (AvgIpc) is 2.52. The maximum Gasteiger partial charge on any atom is 0.173 e. The highest BCUT2D eigenvalue weighted by Gasteiger charge is 2.04. The summed E-state index contributed by atoms with van der Waals surface area (Å²) in [6, 6.07) is 11.2. The number of Topliss-reactive ketones (excluding diaryl/α,β-unsaturated/α-hetero) is 2. The van der Waals surface area contributed by atoms with Gasteiger partial charge in [0.1, 0.15) is 0 Å². The first-order valence-electron chi connectivity index (χ1n) is 6.88. The van der Waals surface area contributed by atoms with Crippen molar-refractivity contribution in [3.8, 4) is 0 Å². The summed E-state index contributed by atoms with van der Waals surface area (Å²) in [5, 5.41) is 0.377. The third-order valence-corrected chi connectivity index (χ3v) is 5.41. The maximum atomic E-state index is 11.2. The van der Waals surface area contributed by atoms with Gasteiger partial charge < -0.3 is 0 Å². The molecule has 0 atom stereocenters. The molecule has 0 aromatic heterocycles. The van der Waals surface area contributed by atoms with Gasteiger partial charge in [-0.1, -0.05) is 72.1 Å². The molecule has 0 aliphatic heterocycles. The van der Waals surface area contributed by atoms with E-state index in [-0.39, 0.29) is 11.6 Å². The van der Waals surface area contributed by atoms with E-state index in [1.165, 1.54) is 0 Å². The van der Waals surface area contributed by atoms with Crippen LogP contribution in [0.15, 0.2) is 45.3 Å². The lowest BCUT2D eigenvalue weighted by Crippen LogP contribution is -1.99. The van der Waals surface area contributed by atoms with Gasteiger partial charge in [0.05, 0.1) is 5.33 Å². The summed E-state index contributed by atoms with van der Waals surface area (Å²) in [7, 11) is 0. The fourth-order valence-electron chi connectivity index (χ4n) is 1.66. The van der Waals surface area contributed by atoms with Crippen LogP contribution in [-0.4, -0.2) is 16.9 Å². The van der Waals surface area contributed by atoms with Crippen LogP contribution in [0.2, 0.25) is 0 Å². The van der Waals surface area contributed by atoms with Crippen molar-refractivity contribution in [2.75, 3.05) is 5.33 Å². The first kappa shape index (κ1) is 20.3. The largest absolute Gasteiger partial charge is 0.295 e. The Kier molecular flexibility index (Phi) is 8.37. The van der Waals surface area contributed by atoms with Crippen LogP contribution >= 0.6 is 47.8 Å². The van der Waals surface area contributed by atoms with E-state index in [4.69, 9.17) is 0 Å². The molecule has 0 fully saturated rings. The van der Waals surface area contributed by atoms with Crippen LogP contribution in [0.5, 0.6) is 0 Å². The minimum Gasteiger partial charge on any atom is -0.295 e. The average molecular weight is 505 g/mol. The van der Waals surface area contributed by atoms with Crippen molar-refractivity contribution < 1.29 is 9.59 Å². The minimum atomic E-state index is 0.103. The number of carbonyl (C=O) groups is 2. The Morgan fingerprint density at radius 3 is 1.70 bits per heavy atom. The van der Waals surface area contributed by atoms with Crippen molar-refractivity contribution in [1.29, 1.82) is 0 Å². The van der Waals surface area contributed by atoms with E-state index in [1.807, 2.05) is 50.2 Å². The number of carbonyl (C=O) groups excluding carboxylic acids is 2. The van der Waals surface area contributed by atoms with Crippen LogP contribution in [0, 0.1) is 13.8 Å². The summed E-state index contributed by atoms with van der Waals surface area (Å²) in [5.74, 6) is 0.210. The summed E-state index contributed by atoms with van der Waals surface area (Å²) >= 11 is 9.87. The van der Waals surface area contributed by atoms with Gasteiger partial charge in [-0.3, -0.25) is 9.59 Å². The molecule has 0 radical (unpaired) electrons. The van der Waals surface area contributed by atoms with E-state index in [0.29, 0.717) is 5.33 Å². The maximum absolute atomic E-state index is 11.2. The zero-order valence-electron chi connectivity index (χ0n) is 13.1. The summed E-state index contributed by atoms with van der Waals surface area (Å²) < 4.78 is 1.97. The van der Waals surface area contributed by atoms with Crippen molar-refractivity contribution in [3.63, 3.8) is 0 Å². The number of aryl methyl sites for hydroxylation is 2. The molecule has 2 nitrogen and oxygen atoms in total. The summed E-state index contributed by atoms with van der Waals surface area (Å²) in [4.78, 5) is 22.1. The number of alkyl halides is 1. The van der Waals surface area contributed by atoms with E-state index >= 15 is 0 Å². The van der Waals surface area contributed by atoms with Crippen molar-refractivity contribution >= 4 is 59.4 Å². The molecular formula is C18H17Br3O2. The second kappa shape index (κ2) is 9.50. The minimum absolute atomic E-state index is 0.103. The molecule has 0 bridgehead atoms. The lowest BCUT2D eigenvalue weighted by atomic mass is 10.1. The van der Waals surface area contributed by atoms with Crippen molar-refractivity contribution in [3.05, 3.63) is 67.6 Å². The highest BCUT2D eigenvalue weighted by Crippen LogP contribution is 2.18. The van der Waals surface area contributed by atoms with E-state index in [2.05, 4.69) is 47.8 Å². The molecule has 2 aromatic carbocycles. The first-order valence-corrected chi connectivity index (χ1v) is 9.59. The van der Waals surface area contributed by atoms with Gasteiger partial charge in [-0.25, -0.2) is 0 Å². The van der Waals surface area contributed by atoms with Crippen LogP contribution in [0.25, 0.3) is 0 Å². The number of rotatable bonds is 3. The fraction of sp³-hybridized carbons (Fsp3) is 0.222. The van der Waals surface area contributed by atoms with Gasteiger partial charge in [0.25, 0.3) is 0 Å². The second-order valence-corrected chi connectivity index (χ2v) is 7.31. The molecule has 0 N–H and O–H groups in total. The van der Waals surface area contributed by atoms with Crippen molar-refractivity contribution in [2.24, 2.45) is 0 Å². The molecule has 0 heterocycles. The third kappa shape index (κ3) is 6.32. The molecule has 0 saturated heterocycles. The number of halogens is 3. The van der Waals surface area contributed by atoms with Crippen LogP contribution in [0.1, 0.15) is 38.8 Å². The van der Waals surface area contributed by atoms with Crippen molar-refractivity contribution in [1.82, 2.24) is 0 Å². The number of ketones is 2. The Balaban J connectivity index is 0.000000231. The van der Waals surface area contributed by atoms with Crippen molar-refractivity contribution in [2.45, 2.75) is 20.8 Å². The Hall–Kier alpha value is -0.780. The Labute approximate surface area is 162 Å². The molecule has 2 aromatic rings. The SMILES string of the molecule is CC(=O)c1ccc(C)c(Br)c1.Cc1ccc(C(=O)CBr)cc1Br. The molecule has 0 spiro atoms. The molecule has 0 aliphatic rings. The first-order chi connectivity index (χ1) is 10.8. The number of hydrogen-bond acceptors (Lipinski definition) is 2. The number of hydrogen-bond donors (Lipinski definition) is 0. The zero-order valence-corrected chi connectivity index (χ0v) is 17.9. The molecular weight excluding hydrogens is 488 g/mol. The summed E-state index contributed by atoms with van der Waals surface area (Å²) in [6.45, 7) is 5.55. The summed E-state index contributed by atoms with van der Waals surface area (Å²) in [5.41, 5.74) is 3.78. The predicted octanol–water partition coefficient (Wildman–Crippen LogP) is 6.30. The van der Waals surface area contributed by atoms with Crippen LogP contribution < -0.4 is 0 Å². The highest BCUT2D eigenvalue weighted by atomic mass is 79.9. The summed E-state index contributed by atoms with van der Waals surface area (Å²) in [6.07, 6.45) is 0. The predicted molar refractivity (Wildman–Crippen MR) is 106 cm³/mol. The second-order valence-electron chi connectivity index (χ2n) is 5.04. The molecule has 2 rings (SSSR count). The Bertz CT molecular complexity index is 724. The molecule has 0 unspecified atom stereocenters. The Morgan fingerprint density at radius 1 is 0.870 bits per heavy atom. The van der Waals surface area contributed by atoms with Gasteiger partial charge in [0.2, 0.25) is 0 Å². The van der Waals surface area contributed by atoms with E-state index < -0.39 is 0 Å². The van der Waals surface area contributed by atoms with E-state index in [0.717, 1.165) is 31.2 Å².